The summed E-state index contributed by atoms with van der Waals surface area (Å²) < 4.78 is 1.23. The second-order valence-electron chi connectivity index (χ2n) is 4.64. The van der Waals surface area contributed by atoms with Crippen LogP contribution in [-0.4, -0.2) is 27.7 Å². The van der Waals surface area contributed by atoms with Gasteiger partial charge in [-0.15, -0.1) is 11.3 Å². The predicted octanol–water partition coefficient (Wildman–Crippen LogP) is 3.15. The molecule has 2 aromatic heterocycles. The molecular weight excluding hydrogens is 270 g/mol. The number of hydrogen-bond acceptors (Lipinski definition) is 5. The van der Waals surface area contributed by atoms with Gasteiger partial charge in [0.2, 0.25) is 0 Å². The highest BCUT2D eigenvalue weighted by molar-refractivity contribution is 7.22. The highest BCUT2D eigenvalue weighted by Gasteiger charge is 2.07. The molecule has 1 aromatic carbocycles. The topological polar surface area (TPSA) is 58.0 Å². The van der Waals surface area contributed by atoms with Crippen LogP contribution in [0.25, 0.3) is 20.8 Å². The fourth-order valence-corrected chi connectivity index (χ4v) is 2.92. The number of nitrogens with zero attached hydrogens (tertiary/aromatic N) is 2. The third kappa shape index (κ3) is 2.79. The maximum Gasteiger partial charge on any atom is 0.171 e. The van der Waals surface area contributed by atoms with Crippen molar-refractivity contribution in [1.29, 1.82) is 0 Å². The summed E-state index contributed by atoms with van der Waals surface area (Å²) in [6.07, 6.45) is 1.33. The summed E-state index contributed by atoms with van der Waals surface area (Å²) >= 11 is 1.68. The molecule has 0 aliphatic rings. The smallest absolute Gasteiger partial charge is 0.171 e. The molecule has 102 valence electrons. The van der Waals surface area contributed by atoms with Gasteiger partial charge in [0.1, 0.15) is 5.82 Å². The maximum absolute atomic E-state index is 9.29. The van der Waals surface area contributed by atoms with E-state index in [0.29, 0.717) is 12.4 Å². The van der Waals surface area contributed by atoms with Crippen molar-refractivity contribution in [3.63, 3.8) is 0 Å². The molecule has 3 rings (SSSR count). The molecule has 0 unspecified atom stereocenters. The summed E-state index contributed by atoms with van der Waals surface area (Å²) in [6, 6.07) is 12.2. The van der Waals surface area contributed by atoms with Gasteiger partial charge in [-0.3, -0.25) is 0 Å². The number of benzene rings is 1. The highest BCUT2D eigenvalue weighted by atomic mass is 32.1. The molecule has 0 aliphatic heterocycles. The van der Waals surface area contributed by atoms with Gasteiger partial charge in [0, 0.05) is 17.4 Å². The Morgan fingerprint density at radius 1 is 1.30 bits per heavy atom. The minimum Gasteiger partial charge on any atom is -0.392 e. The van der Waals surface area contributed by atoms with E-state index in [1.54, 1.807) is 30.5 Å². The largest absolute Gasteiger partial charge is 0.392 e. The number of anilines is 1. The molecule has 2 heterocycles. The second kappa shape index (κ2) is 5.56. The van der Waals surface area contributed by atoms with Gasteiger partial charge >= 0.3 is 0 Å². The summed E-state index contributed by atoms with van der Waals surface area (Å²) in [6.45, 7) is 2.21. The van der Waals surface area contributed by atoms with Crippen LogP contribution in [0, 0.1) is 0 Å². The van der Waals surface area contributed by atoms with Crippen LogP contribution < -0.4 is 5.32 Å². The van der Waals surface area contributed by atoms with Crippen molar-refractivity contribution in [2.45, 2.75) is 13.0 Å². The minimum atomic E-state index is -0.405. The zero-order valence-electron chi connectivity index (χ0n) is 11.1. The van der Waals surface area contributed by atoms with Crippen molar-refractivity contribution in [2.75, 3.05) is 11.9 Å². The summed E-state index contributed by atoms with van der Waals surface area (Å²) in [5.74, 6) is 1.44. The lowest BCUT2D eigenvalue weighted by atomic mass is 10.2. The Hall–Kier alpha value is -1.98. The van der Waals surface area contributed by atoms with Crippen LogP contribution in [0.2, 0.25) is 0 Å². The molecule has 3 aromatic rings. The number of hydrogen-bond donors (Lipinski definition) is 2. The SMILES string of the molecule is C[C@@H](O)CNc1ccnc(-c2cc3ccccc3s2)n1. The monoisotopic (exact) mass is 285 g/mol. The Morgan fingerprint density at radius 3 is 2.95 bits per heavy atom. The number of aromatic nitrogens is 2. The summed E-state index contributed by atoms with van der Waals surface area (Å²) in [5.41, 5.74) is 0. The zero-order valence-corrected chi connectivity index (χ0v) is 11.9. The molecule has 0 aliphatic carbocycles. The molecule has 0 bridgehead atoms. The molecule has 0 spiro atoms. The first kappa shape index (κ1) is 13.0. The number of fused-ring (bicyclic) bond motifs is 1. The second-order valence-corrected chi connectivity index (χ2v) is 5.73. The first-order valence-electron chi connectivity index (χ1n) is 6.46. The fourth-order valence-electron chi connectivity index (χ4n) is 1.92. The quantitative estimate of drug-likeness (QED) is 0.773. The van der Waals surface area contributed by atoms with Crippen molar-refractivity contribution in [3.05, 3.63) is 42.6 Å². The number of rotatable bonds is 4. The van der Waals surface area contributed by atoms with E-state index >= 15 is 0 Å². The van der Waals surface area contributed by atoms with E-state index in [1.165, 1.54) is 10.1 Å². The van der Waals surface area contributed by atoms with Crippen LogP contribution in [0.3, 0.4) is 0 Å². The number of aliphatic hydroxyl groups excluding tert-OH is 1. The van der Waals surface area contributed by atoms with Crippen LogP contribution in [-0.2, 0) is 0 Å². The molecule has 4 nitrogen and oxygen atoms in total. The fraction of sp³-hybridized carbons (Fsp3) is 0.200. The molecule has 2 N–H and O–H groups in total. The van der Waals surface area contributed by atoms with Gasteiger partial charge in [0.25, 0.3) is 0 Å². The molecule has 20 heavy (non-hydrogen) atoms. The van der Waals surface area contributed by atoms with E-state index in [-0.39, 0.29) is 0 Å². The van der Waals surface area contributed by atoms with Gasteiger partial charge in [-0.1, -0.05) is 18.2 Å². The Morgan fingerprint density at radius 2 is 2.15 bits per heavy atom. The van der Waals surface area contributed by atoms with Gasteiger partial charge < -0.3 is 10.4 Å². The molecule has 5 heteroatoms. The summed E-state index contributed by atoms with van der Waals surface area (Å²) in [5, 5.41) is 13.6. The molecular formula is C15H15N3OS. The number of nitrogens with one attached hydrogen (secondary N) is 1. The van der Waals surface area contributed by atoms with E-state index in [9.17, 15) is 5.11 Å². The van der Waals surface area contributed by atoms with E-state index in [2.05, 4.69) is 33.5 Å². The van der Waals surface area contributed by atoms with Crippen LogP contribution in [0.5, 0.6) is 0 Å². The van der Waals surface area contributed by atoms with Gasteiger partial charge in [0.05, 0.1) is 11.0 Å². The van der Waals surface area contributed by atoms with E-state index in [0.717, 1.165) is 10.7 Å². The zero-order chi connectivity index (χ0) is 13.9. The van der Waals surface area contributed by atoms with Crippen molar-refractivity contribution < 1.29 is 5.11 Å². The van der Waals surface area contributed by atoms with Gasteiger partial charge in [-0.05, 0) is 30.5 Å². The van der Waals surface area contributed by atoms with Crippen LogP contribution in [0.15, 0.2) is 42.6 Å². The van der Waals surface area contributed by atoms with Crippen LogP contribution in [0.4, 0.5) is 5.82 Å². The maximum atomic E-state index is 9.29. The van der Waals surface area contributed by atoms with Crippen LogP contribution >= 0.6 is 11.3 Å². The lowest BCUT2D eigenvalue weighted by Crippen LogP contribution is -2.16. The first-order valence-corrected chi connectivity index (χ1v) is 7.28. The number of aliphatic hydroxyl groups is 1. The minimum absolute atomic E-state index is 0.405. The van der Waals surface area contributed by atoms with E-state index in [4.69, 9.17) is 0 Å². The Balaban J connectivity index is 1.91. The third-order valence-corrected chi connectivity index (χ3v) is 3.99. The molecule has 0 amide bonds. The number of thiophene rings is 1. The van der Waals surface area contributed by atoms with Crippen LogP contribution in [0.1, 0.15) is 6.92 Å². The van der Waals surface area contributed by atoms with Crippen molar-refractivity contribution in [2.24, 2.45) is 0 Å². The molecule has 0 fully saturated rings. The molecule has 0 saturated carbocycles. The Kier molecular flexibility index (Phi) is 3.62. The summed E-state index contributed by atoms with van der Waals surface area (Å²) in [7, 11) is 0. The van der Waals surface area contributed by atoms with Crippen molar-refractivity contribution in [1.82, 2.24) is 9.97 Å². The van der Waals surface area contributed by atoms with E-state index < -0.39 is 6.10 Å². The summed E-state index contributed by atoms with van der Waals surface area (Å²) in [4.78, 5) is 9.86. The van der Waals surface area contributed by atoms with E-state index in [1.807, 2.05) is 12.1 Å². The predicted molar refractivity (Wildman–Crippen MR) is 83.0 cm³/mol. The van der Waals surface area contributed by atoms with Gasteiger partial charge in [-0.25, -0.2) is 9.97 Å². The van der Waals surface area contributed by atoms with Crippen molar-refractivity contribution in [3.8, 4) is 10.7 Å². The third-order valence-electron chi connectivity index (χ3n) is 2.88. The standard InChI is InChI=1S/C15H15N3OS/c1-10(19)9-17-14-6-7-16-15(18-14)13-8-11-4-2-3-5-12(11)20-13/h2-8,10,19H,9H2,1H3,(H,16,17,18)/t10-/m1/s1. The Bertz CT molecular complexity index is 691. The lowest BCUT2D eigenvalue weighted by molar-refractivity contribution is 0.208. The molecule has 0 radical (unpaired) electrons. The van der Waals surface area contributed by atoms with Gasteiger partial charge in [0.15, 0.2) is 5.82 Å². The van der Waals surface area contributed by atoms with Crippen molar-refractivity contribution >= 4 is 27.2 Å². The normalized spacial score (nSPS) is 12.5. The highest BCUT2D eigenvalue weighted by Crippen LogP contribution is 2.31. The molecule has 1 atom stereocenters. The first-order chi connectivity index (χ1) is 9.72. The average Bonchev–Trinajstić information content (AvgIpc) is 2.89. The molecule has 0 saturated heterocycles. The lowest BCUT2D eigenvalue weighted by Gasteiger charge is -2.07. The average molecular weight is 285 g/mol. The van der Waals surface area contributed by atoms with Gasteiger partial charge in [-0.2, -0.15) is 0 Å². The Labute approximate surface area is 121 Å².